The van der Waals surface area contributed by atoms with Crippen LogP contribution in [0.15, 0.2) is 36.4 Å². The van der Waals surface area contributed by atoms with E-state index in [4.69, 9.17) is 9.57 Å². The molecule has 0 heterocycles. The van der Waals surface area contributed by atoms with Gasteiger partial charge in [0.2, 0.25) is 0 Å². The Balaban J connectivity index is 2.21. The number of rotatable bonds is 5. The summed E-state index contributed by atoms with van der Waals surface area (Å²) in [5.41, 5.74) is 3.76. The molecule has 2 aromatic carbocycles. The third-order valence-corrected chi connectivity index (χ3v) is 2.91. The van der Waals surface area contributed by atoms with Crippen molar-refractivity contribution in [1.29, 1.82) is 0 Å². The minimum Gasteiger partial charge on any atom is -0.496 e. The number of hydroxylamine groups is 1. The van der Waals surface area contributed by atoms with Crippen molar-refractivity contribution < 1.29 is 14.4 Å². The quantitative estimate of drug-likeness (QED) is 0.662. The van der Waals surface area contributed by atoms with E-state index in [9.17, 15) is 4.79 Å². The van der Waals surface area contributed by atoms with Gasteiger partial charge in [-0.05, 0) is 23.3 Å². The lowest BCUT2D eigenvalue weighted by molar-refractivity contribution is -0.148. The zero-order chi connectivity index (χ0) is 13.7. The summed E-state index contributed by atoms with van der Waals surface area (Å²) in [6.07, 6.45) is 0.720. The molecule has 0 saturated carbocycles. The molecule has 0 saturated heterocycles. The van der Waals surface area contributed by atoms with Crippen LogP contribution in [-0.4, -0.2) is 19.6 Å². The van der Waals surface area contributed by atoms with Crippen LogP contribution in [0.2, 0.25) is 0 Å². The largest absolute Gasteiger partial charge is 0.496 e. The van der Waals surface area contributed by atoms with E-state index in [-0.39, 0.29) is 5.97 Å². The van der Waals surface area contributed by atoms with Gasteiger partial charge in [0.1, 0.15) is 5.75 Å². The highest BCUT2D eigenvalue weighted by Crippen LogP contribution is 2.28. The zero-order valence-electron chi connectivity index (χ0n) is 11.1. The Labute approximate surface area is 112 Å². The Kier molecular flexibility index (Phi) is 4.36. The molecule has 0 unspecified atom stereocenters. The Morgan fingerprint density at radius 1 is 1.21 bits per heavy atom. The maximum absolute atomic E-state index is 10.7. The van der Waals surface area contributed by atoms with Crippen LogP contribution in [-0.2, 0) is 16.1 Å². The molecular formula is C15H17NO3. The summed E-state index contributed by atoms with van der Waals surface area (Å²) in [5.74, 6) is 0.508. The molecule has 0 fully saturated rings. The number of ether oxygens (including phenoxy) is 1. The molecule has 0 bridgehead atoms. The Hall–Kier alpha value is -2.07. The molecule has 1 N–H and O–H groups in total. The van der Waals surface area contributed by atoms with Crippen molar-refractivity contribution in [3.8, 4) is 5.75 Å². The number of hydrogen-bond donors (Lipinski definition) is 1. The fourth-order valence-electron chi connectivity index (χ4n) is 2.09. The van der Waals surface area contributed by atoms with E-state index in [0.717, 1.165) is 23.1 Å². The monoisotopic (exact) mass is 259 g/mol. The average Bonchev–Trinajstić information content (AvgIpc) is 2.43. The fourth-order valence-corrected chi connectivity index (χ4v) is 2.09. The minimum atomic E-state index is -0.343. The predicted octanol–water partition coefficient (Wildman–Crippen LogP) is 2.46. The predicted molar refractivity (Wildman–Crippen MR) is 74.0 cm³/mol. The third-order valence-electron chi connectivity index (χ3n) is 2.91. The first kappa shape index (κ1) is 13.4. The van der Waals surface area contributed by atoms with Crippen LogP contribution in [0.5, 0.6) is 5.75 Å². The van der Waals surface area contributed by atoms with Crippen LogP contribution in [0.25, 0.3) is 10.8 Å². The number of methoxy groups -OCH3 is 1. The van der Waals surface area contributed by atoms with E-state index in [0.29, 0.717) is 6.54 Å². The Bertz CT molecular complexity index is 581. The Morgan fingerprint density at radius 3 is 2.74 bits per heavy atom. The van der Waals surface area contributed by atoms with Crippen LogP contribution in [0, 0.1) is 0 Å². The molecule has 2 aromatic rings. The van der Waals surface area contributed by atoms with Crippen LogP contribution in [0.4, 0.5) is 0 Å². The van der Waals surface area contributed by atoms with Crippen LogP contribution in [0.3, 0.4) is 0 Å². The lowest BCUT2D eigenvalue weighted by Gasteiger charge is -2.12. The van der Waals surface area contributed by atoms with E-state index in [1.807, 2.05) is 24.3 Å². The zero-order valence-corrected chi connectivity index (χ0v) is 11.1. The maximum atomic E-state index is 10.7. The molecule has 4 heteroatoms. The Morgan fingerprint density at radius 2 is 2.00 bits per heavy atom. The van der Waals surface area contributed by atoms with Crippen LogP contribution < -0.4 is 10.2 Å². The lowest BCUT2D eigenvalue weighted by Crippen LogP contribution is -2.20. The topological polar surface area (TPSA) is 47.6 Å². The highest BCUT2D eigenvalue weighted by atomic mass is 16.7. The van der Waals surface area contributed by atoms with Gasteiger partial charge in [0, 0.05) is 19.0 Å². The number of hydrogen-bond acceptors (Lipinski definition) is 4. The van der Waals surface area contributed by atoms with Gasteiger partial charge in [-0.1, -0.05) is 30.3 Å². The molecule has 0 radical (unpaired) electrons. The molecule has 0 amide bonds. The maximum Gasteiger partial charge on any atom is 0.321 e. The van der Waals surface area contributed by atoms with E-state index in [1.165, 1.54) is 12.3 Å². The molecule has 2 rings (SSSR count). The highest BCUT2D eigenvalue weighted by molar-refractivity contribution is 5.87. The van der Waals surface area contributed by atoms with Gasteiger partial charge in [-0.15, -0.1) is 0 Å². The molecule has 0 atom stereocenters. The summed E-state index contributed by atoms with van der Waals surface area (Å²) in [7, 11) is 1.66. The molecule has 4 nitrogen and oxygen atoms in total. The number of carbonyl (C=O) groups is 1. The van der Waals surface area contributed by atoms with Crippen molar-refractivity contribution in [2.24, 2.45) is 0 Å². The minimum absolute atomic E-state index is 0.343. The van der Waals surface area contributed by atoms with Crippen molar-refractivity contribution >= 4 is 16.7 Å². The molecule has 0 aliphatic carbocycles. The van der Waals surface area contributed by atoms with Gasteiger partial charge < -0.3 is 9.57 Å². The van der Waals surface area contributed by atoms with Gasteiger partial charge in [-0.2, -0.15) is 5.48 Å². The number of fused-ring (bicyclic) bond motifs is 1. The molecule has 100 valence electrons. The van der Waals surface area contributed by atoms with Crippen molar-refractivity contribution in [2.75, 3.05) is 13.7 Å². The second kappa shape index (κ2) is 6.20. The molecule has 0 aliphatic heterocycles. The summed E-state index contributed by atoms with van der Waals surface area (Å²) in [5, 5.41) is 2.33. The third kappa shape index (κ3) is 3.23. The number of nitrogens with one attached hydrogen (secondary N) is 1. The summed E-state index contributed by atoms with van der Waals surface area (Å²) in [6, 6.07) is 12.2. The number of benzene rings is 2. The van der Waals surface area contributed by atoms with Crippen molar-refractivity contribution in [3.05, 3.63) is 42.0 Å². The summed E-state index contributed by atoms with van der Waals surface area (Å²) in [4.78, 5) is 15.4. The molecular weight excluding hydrogens is 242 g/mol. The first-order valence-electron chi connectivity index (χ1n) is 6.17. The smallest absolute Gasteiger partial charge is 0.321 e. The normalized spacial score (nSPS) is 10.4. The van der Waals surface area contributed by atoms with Gasteiger partial charge >= 0.3 is 5.97 Å². The van der Waals surface area contributed by atoms with Gasteiger partial charge in [0.05, 0.1) is 7.11 Å². The molecule has 0 aromatic heterocycles. The van der Waals surface area contributed by atoms with Gasteiger partial charge in [-0.3, -0.25) is 4.79 Å². The van der Waals surface area contributed by atoms with Crippen LogP contribution in [0.1, 0.15) is 12.5 Å². The van der Waals surface area contributed by atoms with Gasteiger partial charge in [-0.25, -0.2) is 0 Å². The highest BCUT2D eigenvalue weighted by Gasteiger charge is 2.07. The first-order chi connectivity index (χ1) is 9.22. The summed E-state index contributed by atoms with van der Waals surface area (Å²) < 4.78 is 5.40. The van der Waals surface area contributed by atoms with Crippen LogP contribution >= 0.6 is 0 Å². The van der Waals surface area contributed by atoms with E-state index in [2.05, 4.69) is 17.6 Å². The van der Waals surface area contributed by atoms with E-state index < -0.39 is 0 Å². The molecule has 19 heavy (non-hydrogen) atoms. The number of carbonyl (C=O) groups excluding carboxylic acids is 1. The van der Waals surface area contributed by atoms with E-state index >= 15 is 0 Å². The van der Waals surface area contributed by atoms with Gasteiger partial charge in [0.15, 0.2) is 0 Å². The van der Waals surface area contributed by atoms with Crippen molar-refractivity contribution in [3.63, 3.8) is 0 Å². The fraction of sp³-hybridized carbons (Fsp3) is 0.267. The summed E-state index contributed by atoms with van der Waals surface area (Å²) in [6.45, 7) is 1.91. The molecule has 0 aliphatic rings. The second-order valence-corrected chi connectivity index (χ2v) is 4.21. The van der Waals surface area contributed by atoms with Crippen molar-refractivity contribution in [1.82, 2.24) is 5.48 Å². The summed E-state index contributed by atoms with van der Waals surface area (Å²) >= 11 is 0. The lowest BCUT2D eigenvalue weighted by atomic mass is 10.0. The standard InChI is InChI=1S/C15H17NO3/c1-11(17)19-16-10-9-14-13-6-4-3-5-12(13)7-8-15(14)18-2/h3-8,16H,9-10H2,1-2H3. The first-order valence-corrected chi connectivity index (χ1v) is 6.17. The average molecular weight is 259 g/mol. The van der Waals surface area contributed by atoms with Gasteiger partial charge in [0.25, 0.3) is 0 Å². The molecule has 0 spiro atoms. The SMILES string of the molecule is COc1ccc2ccccc2c1CCNOC(C)=O. The van der Waals surface area contributed by atoms with Crippen molar-refractivity contribution in [2.45, 2.75) is 13.3 Å². The second-order valence-electron chi connectivity index (χ2n) is 4.21. The van der Waals surface area contributed by atoms with E-state index in [1.54, 1.807) is 7.11 Å².